The van der Waals surface area contributed by atoms with Crippen LogP contribution in [0.1, 0.15) is 20.8 Å². The molecule has 0 atom stereocenters. The summed E-state index contributed by atoms with van der Waals surface area (Å²) in [6.07, 6.45) is 0. The van der Waals surface area contributed by atoms with E-state index in [1.807, 2.05) is 11.4 Å². The van der Waals surface area contributed by atoms with Crippen molar-refractivity contribution >= 4 is 38.9 Å². The maximum Gasteiger partial charge on any atom is 0.273 e. The van der Waals surface area contributed by atoms with Gasteiger partial charge in [0.1, 0.15) is 0 Å². The summed E-state index contributed by atoms with van der Waals surface area (Å²) in [5.41, 5.74) is 0.775. The number of benzene rings is 1. The van der Waals surface area contributed by atoms with E-state index >= 15 is 0 Å². The second-order valence-electron chi connectivity index (χ2n) is 4.13. The standard InChI is InChI=1S/C13H11BrN2O3S/c1-8-2-3-9(6-11(8)16(18)19)13(17)15-7-12-10(14)4-5-20-12/h2-6H,7H2,1H3,(H,15,17). The summed E-state index contributed by atoms with van der Waals surface area (Å²) in [6, 6.07) is 6.37. The number of carbonyl (C=O) groups excluding carboxylic acids is 1. The van der Waals surface area contributed by atoms with Crippen LogP contribution < -0.4 is 5.32 Å². The Labute approximate surface area is 127 Å². The van der Waals surface area contributed by atoms with E-state index in [1.165, 1.54) is 17.4 Å². The summed E-state index contributed by atoms with van der Waals surface area (Å²) in [6.45, 7) is 2.03. The van der Waals surface area contributed by atoms with Crippen molar-refractivity contribution in [1.82, 2.24) is 5.32 Å². The number of thiophene rings is 1. The minimum Gasteiger partial charge on any atom is -0.347 e. The normalized spacial score (nSPS) is 10.3. The third-order valence-corrected chi connectivity index (χ3v) is 4.69. The zero-order valence-electron chi connectivity index (χ0n) is 10.6. The number of carbonyl (C=O) groups is 1. The van der Waals surface area contributed by atoms with Crippen molar-refractivity contribution in [3.05, 3.63) is 60.2 Å². The smallest absolute Gasteiger partial charge is 0.273 e. The Morgan fingerprint density at radius 1 is 1.45 bits per heavy atom. The van der Waals surface area contributed by atoms with Gasteiger partial charge in [0.05, 0.1) is 11.5 Å². The minimum absolute atomic E-state index is 0.0463. The van der Waals surface area contributed by atoms with E-state index in [9.17, 15) is 14.9 Å². The third kappa shape index (κ3) is 3.23. The summed E-state index contributed by atoms with van der Waals surface area (Å²) in [5, 5.41) is 15.5. The number of rotatable bonds is 4. The van der Waals surface area contributed by atoms with E-state index in [0.29, 0.717) is 12.1 Å². The highest BCUT2D eigenvalue weighted by Crippen LogP contribution is 2.23. The van der Waals surface area contributed by atoms with Crippen LogP contribution in [0.25, 0.3) is 0 Å². The Morgan fingerprint density at radius 3 is 2.80 bits per heavy atom. The lowest BCUT2D eigenvalue weighted by molar-refractivity contribution is -0.385. The highest BCUT2D eigenvalue weighted by atomic mass is 79.9. The summed E-state index contributed by atoms with van der Waals surface area (Å²) in [5.74, 6) is -0.326. The van der Waals surface area contributed by atoms with Gasteiger partial charge in [0.25, 0.3) is 11.6 Å². The molecule has 0 aliphatic heterocycles. The first-order chi connectivity index (χ1) is 9.49. The molecule has 0 saturated carbocycles. The lowest BCUT2D eigenvalue weighted by atomic mass is 10.1. The predicted octanol–water partition coefficient (Wildman–Crippen LogP) is 3.66. The monoisotopic (exact) mass is 354 g/mol. The molecule has 1 amide bonds. The predicted molar refractivity (Wildman–Crippen MR) is 81.0 cm³/mol. The molecule has 20 heavy (non-hydrogen) atoms. The molecule has 1 N–H and O–H groups in total. The second-order valence-corrected chi connectivity index (χ2v) is 5.99. The third-order valence-electron chi connectivity index (χ3n) is 2.77. The number of halogens is 1. The first-order valence-corrected chi connectivity index (χ1v) is 7.41. The Bertz CT molecular complexity index is 669. The first kappa shape index (κ1) is 14.7. The van der Waals surface area contributed by atoms with Crippen molar-refractivity contribution in [3.8, 4) is 0 Å². The van der Waals surface area contributed by atoms with Crippen LogP contribution in [-0.2, 0) is 6.54 Å². The number of nitrogens with zero attached hydrogens (tertiary/aromatic N) is 1. The fraction of sp³-hybridized carbons (Fsp3) is 0.154. The summed E-state index contributed by atoms with van der Waals surface area (Å²) in [4.78, 5) is 23.4. The summed E-state index contributed by atoms with van der Waals surface area (Å²) < 4.78 is 0.942. The van der Waals surface area contributed by atoms with Gasteiger partial charge in [0, 0.05) is 26.5 Å². The second kappa shape index (κ2) is 6.15. The van der Waals surface area contributed by atoms with Gasteiger partial charge < -0.3 is 5.32 Å². The molecule has 0 saturated heterocycles. The number of nitro groups is 1. The van der Waals surface area contributed by atoms with Crippen molar-refractivity contribution in [2.45, 2.75) is 13.5 Å². The minimum atomic E-state index is -0.484. The molecule has 0 radical (unpaired) electrons. The van der Waals surface area contributed by atoms with Crippen molar-refractivity contribution in [1.29, 1.82) is 0 Å². The summed E-state index contributed by atoms with van der Waals surface area (Å²) >= 11 is 4.91. The van der Waals surface area contributed by atoms with Crippen LogP contribution in [0.5, 0.6) is 0 Å². The molecule has 1 heterocycles. The fourth-order valence-electron chi connectivity index (χ4n) is 1.66. The molecule has 0 unspecified atom stereocenters. The Hall–Kier alpha value is -1.73. The fourth-order valence-corrected chi connectivity index (χ4v) is 3.09. The van der Waals surface area contributed by atoms with Crippen molar-refractivity contribution in [2.24, 2.45) is 0 Å². The molecule has 0 fully saturated rings. The van der Waals surface area contributed by atoms with E-state index < -0.39 is 4.92 Å². The van der Waals surface area contributed by atoms with E-state index in [0.717, 1.165) is 9.35 Å². The number of hydrogen-bond donors (Lipinski definition) is 1. The van der Waals surface area contributed by atoms with Gasteiger partial charge in [-0.05, 0) is 40.4 Å². The number of nitro benzene ring substituents is 1. The molecule has 0 spiro atoms. The van der Waals surface area contributed by atoms with Crippen LogP contribution in [0.2, 0.25) is 0 Å². The van der Waals surface area contributed by atoms with Crippen LogP contribution >= 0.6 is 27.3 Å². The SMILES string of the molecule is Cc1ccc(C(=O)NCc2sccc2Br)cc1[N+](=O)[O-]. The average molecular weight is 355 g/mol. The lowest BCUT2D eigenvalue weighted by Gasteiger charge is -2.05. The molecular weight excluding hydrogens is 344 g/mol. The number of nitrogens with one attached hydrogen (secondary N) is 1. The lowest BCUT2D eigenvalue weighted by Crippen LogP contribution is -2.22. The van der Waals surface area contributed by atoms with E-state index in [-0.39, 0.29) is 17.2 Å². The molecule has 0 bridgehead atoms. The molecular formula is C13H11BrN2O3S. The maximum absolute atomic E-state index is 12.0. The molecule has 5 nitrogen and oxygen atoms in total. The van der Waals surface area contributed by atoms with E-state index in [4.69, 9.17) is 0 Å². The molecule has 7 heteroatoms. The van der Waals surface area contributed by atoms with Gasteiger partial charge >= 0.3 is 0 Å². The average Bonchev–Trinajstić information content (AvgIpc) is 2.81. The van der Waals surface area contributed by atoms with Crippen LogP contribution in [-0.4, -0.2) is 10.8 Å². The topological polar surface area (TPSA) is 72.2 Å². The summed E-state index contributed by atoms with van der Waals surface area (Å²) in [7, 11) is 0. The van der Waals surface area contributed by atoms with Crippen molar-refractivity contribution in [2.75, 3.05) is 0 Å². The first-order valence-electron chi connectivity index (χ1n) is 5.74. The number of amides is 1. The van der Waals surface area contributed by atoms with Gasteiger partial charge in [0.2, 0.25) is 0 Å². The number of hydrogen-bond acceptors (Lipinski definition) is 4. The molecule has 2 aromatic rings. The molecule has 1 aromatic heterocycles. The molecule has 0 aliphatic carbocycles. The van der Waals surface area contributed by atoms with Gasteiger partial charge in [-0.15, -0.1) is 11.3 Å². The molecule has 2 rings (SSSR count). The molecule has 0 aliphatic rings. The zero-order chi connectivity index (χ0) is 14.7. The largest absolute Gasteiger partial charge is 0.347 e. The molecule has 1 aromatic carbocycles. The zero-order valence-corrected chi connectivity index (χ0v) is 13.0. The quantitative estimate of drug-likeness (QED) is 0.672. The van der Waals surface area contributed by atoms with Gasteiger partial charge in [0.15, 0.2) is 0 Å². The van der Waals surface area contributed by atoms with Crippen LogP contribution in [0.3, 0.4) is 0 Å². The van der Waals surface area contributed by atoms with Crippen LogP contribution in [0.15, 0.2) is 34.1 Å². The van der Waals surface area contributed by atoms with E-state index in [2.05, 4.69) is 21.2 Å². The Kier molecular flexibility index (Phi) is 4.51. The van der Waals surface area contributed by atoms with Gasteiger partial charge in [-0.2, -0.15) is 0 Å². The number of aryl methyl sites for hydroxylation is 1. The Balaban J connectivity index is 2.12. The Morgan fingerprint density at radius 2 is 2.20 bits per heavy atom. The van der Waals surface area contributed by atoms with Crippen LogP contribution in [0, 0.1) is 17.0 Å². The maximum atomic E-state index is 12.0. The highest BCUT2D eigenvalue weighted by Gasteiger charge is 2.15. The van der Waals surface area contributed by atoms with Gasteiger partial charge in [-0.25, -0.2) is 0 Å². The van der Waals surface area contributed by atoms with Gasteiger partial charge in [-0.1, -0.05) is 6.07 Å². The highest BCUT2D eigenvalue weighted by molar-refractivity contribution is 9.10. The van der Waals surface area contributed by atoms with Crippen LogP contribution in [0.4, 0.5) is 5.69 Å². The van der Waals surface area contributed by atoms with Crippen molar-refractivity contribution < 1.29 is 9.72 Å². The van der Waals surface area contributed by atoms with E-state index in [1.54, 1.807) is 19.1 Å². The molecule has 104 valence electrons. The van der Waals surface area contributed by atoms with Gasteiger partial charge in [-0.3, -0.25) is 14.9 Å². The van der Waals surface area contributed by atoms with Crippen molar-refractivity contribution in [3.63, 3.8) is 0 Å².